The fourth-order valence-electron chi connectivity index (χ4n) is 3.19. The minimum absolute atomic E-state index is 0.567. The van der Waals surface area contributed by atoms with E-state index in [4.69, 9.17) is 16.3 Å². The Balaban J connectivity index is 1.79. The van der Waals surface area contributed by atoms with Crippen molar-refractivity contribution in [2.24, 2.45) is 0 Å². The van der Waals surface area contributed by atoms with Gasteiger partial charge in [0.2, 0.25) is 0 Å². The quantitative estimate of drug-likeness (QED) is 0.853. The summed E-state index contributed by atoms with van der Waals surface area (Å²) in [5.74, 6) is 2.41. The molecular formula is C18H23ClN4O. The van der Waals surface area contributed by atoms with Crippen LogP contribution in [-0.4, -0.2) is 29.7 Å². The molecule has 1 aliphatic heterocycles. The molecule has 1 aromatic heterocycles. The summed E-state index contributed by atoms with van der Waals surface area (Å²) < 4.78 is 5.18. The second-order valence-corrected chi connectivity index (χ2v) is 6.39. The van der Waals surface area contributed by atoms with E-state index in [1.807, 2.05) is 24.3 Å². The van der Waals surface area contributed by atoms with Gasteiger partial charge < -0.3 is 15.0 Å². The summed E-state index contributed by atoms with van der Waals surface area (Å²) in [4.78, 5) is 11.2. The fourth-order valence-corrected chi connectivity index (χ4v) is 3.45. The Labute approximate surface area is 148 Å². The van der Waals surface area contributed by atoms with Crippen LogP contribution in [0, 0.1) is 0 Å². The summed E-state index contributed by atoms with van der Waals surface area (Å²) in [6, 6.07) is 8.16. The first-order valence-electron chi connectivity index (χ1n) is 8.40. The third kappa shape index (κ3) is 3.73. The molecule has 0 aliphatic carbocycles. The summed E-state index contributed by atoms with van der Waals surface area (Å²) >= 11 is 6.18. The van der Waals surface area contributed by atoms with Crippen LogP contribution >= 0.6 is 11.6 Å². The summed E-state index contributed by atoms with van der Waals surface area (Å²) in [5.41, 5.74) is 0.871. The lowest BCUT2D eigenvalue weighted by atomic mass is 10.0. The standard InChI is InChI=1S/C18H23ClN4O/c1-3-14-6-4-5-9-23(14)18-11-17(20-12-21-18)22-13-7-8-16(24-2)15(19)10-13/h7-8,10-12,14H,3-6,9H2,1-2H3,(H,20,21,22). The molecule has 0 amide bonds. The van der Waals surface area contributed by atoms with Crippen LogP contribution in [0.25, 0.3) is 0 Å². The third-order valence-corrected chi connectivity index (χ3v) is 4.76. The Morgan fingerprint density at radius 3 is 2.92 bits per heavy atom. The summed E-state index contributed by atoms with van der Waals surface area (Å²) in [6.45, 7) is 3.30. The molecule has 5 nitrogen and oxygen atoms in total. The van der Waals surface area contributed by atoms with Crippen LogP contribution < -0.4 is 15.0 Å². The SMILES string of the molecule is CCC1CCCCN1c1cc(Nc2ccc(OC)c(Cl)c2)ncn1. The van der Waals surface area contributed by atoms with Crippen LogP contribution in [0.5, 0.6) is 5.75 Å². The van der Waals surface area contributed by atoms with Crippen molar-refractivity contribution in [1.29, 1.82) is 0 Å². The number of rotatable bonds is 5. The topological polar surface area (TPSA) is 50.3 Å². The summed E-state index contributed by atoms with van der Waals surface area (Å²) in [7, 11) is 1.60. The molecule has 1 aromatic carbocycles. The zero-order valence-corrected chi connectivity index (χ0v) is 14.9. The van der Waals surface area contributed by atoms with Crippen LogP contribution in [0.3, 0.4) is 0 Å². The first kappa shape index (κ1) is 16.8. The zero-order chi connectivity index (χ0) is 16.9. The molecule has 6 heteroatoms. The molecule has 0 saturated carbocycles. The number of hydrogen-bond acceptors (Lipinski definition) is 5. The zero-order valence-electron chi connectivity index (χ0n) is 14.1. The second kappa shape index (κ2) is 7.71. The highest BCUT2D eigenvalue weighted by Gasteiger charge is 2.22. The van der Waals surface area contributed by atoms with Crippen molar-refractivity contribution in [3.05, 3.63) is 35.6 Å². The van der Waals surface area contributed by atoms with E-state index in [0.29, 0.717) is 16.8 Å². The van der Waals surface area contributed by atoms with Crippen LogP contribution in [-0.2, 0) is 0 Å². The van der Waals surface area contributed by atoms with Gasteiger partial charge in [0.05, 0.1) is 12.1 Å². The lowest BCUT2D eigenvalue weighted by Crippen LogP contribution is -2.39. The molecule has 24 heavy (non-hydrogen) atoms. The van der Waals surface area contributed by atoms with Gasteiger partial charge in [0.1, 0.15) is 23.7 Å². The van der Waals surface area contributed by atoms with E-state index < -0.39 is 0 Å². The highest BCUT2D eigenvalue weighted by molar-refractivity contribution is 6.32. The van der Waals surface area contributed by atoms with Gasteiger partial charge in [-0.25, -0.2) is 9.97 Å². The van der Waals surface area contributed by atoms with Gasteiger partial charge in [-0.2, -0.15) is 0 Å². The highest BCUT2D eigenvalue weighted by atomic mass is 35.5. The van der Waals surface area contributed by atoms with E-state index in [1.165, 1.54) is 19.3 Å². The normalized spacial score (nSPS) is 17.6. The number of methoxy groups -OCH3 is 1. The number of nitrogens with one attached hydrogen (secondary N) is 1. The number of nitrogens with zero attached hydrogens (tertiary/aromatic N) is 3. The van der Waals surface area contributed by atoms with Crippen molar-refractivity contribution in [1.82, 2.24) is 9.97 Å². The van der Waals surface area contributed by atoms with E-state index >= 15 is 0 Å². The molecule has 2 aromatic rings. The molecule has 128 valence electrons. The number of aromatic nitrogens is 2. The molecule has 0 spiro atoms. The van der Waals surface area contributed by atoms with Gasteiger partial charge in [-0.1, -0.05) is 18.5 Å². The Morgan fingerprint density at radius 1 is 1.29 bits per heavy atom. The van der Waals surface area contributed by atoms with E-state index in [2.05, 4.69) is 27.1 Å². The average Bonchev–Trinajstić information content (AvgIpc) is 2.62. The van der Waals surface area contributed by atoms with Crippen LogP contribution in [0.4, 0.5) is 17.3 Å². The Bertz CT molecular complexity index is 694. The predicted octanol–water partition coefficient (Wildman–Crippen LogP) is 4.65. The van der Waals surface area contributed by atoms with Gasteiger partial charge >= 0.3 is 0 Å². The molecule has 0 bridgehead atoms. The maximum atomic E-state index is 6.18. The van der Waals surface area contributed by atoms with Crippen molar-refractivity contribution in [2.45, 2.75) is 38.6 Å². The smallest absolute Gasteiger partial charge is 0.137 e. The van der Waals surface area contributed by atoms with Gasteiger partial charge in [-0.05, 0) is 43.9 Å². The van der Waals surface area contributed by atoms with Gasteiger partial charge in [-0.15, -0.1) is 0 Å². The molecule has 3 rings (SSSR count). The minimum atomic E-state index is 0.567. The maximum Gasteiger partial charge on any atom is 0.137 e. The monoisotopic (exact) mass is 346 g/mol. The molecule has 1 atom stereocenters. The number of piperidine rings is 1. The Morgan fingerprint density at radius 2 is 2.17 bits per heavy atom. The molecule has 1 aliphatic rings. The number of hydrogen-bond donors (Lipinski definition) is 1. The van der Waals surface area contributed by atoms with E-state index in [9.17, 15) is 0 Å². The third-order valence-electron chi connectivity index (χ3n) is 4.47. The van der Waals surface area contributed by atoms with Crippen molar-refractivity contribution in [3.63, 3.8) is 0 Å². The predicted molar refractivity (Wildman–Crippen MR) is 98.6 cm³/mol. The summed E-state index contributed by atoms with van der Waals surface area (Å²) in [5, 5.41) is 3.86. The fraction of sp³-hybridized carbons (Fsp3) is 0.444. The van der Waals surface area contributed by atoms with E-state index in [0.717, 1.165) is 30.3 Å². The molecule has 1 fully saturated rings. The Kier molecular flexibility index (Phi) is 5.41. The number of halogens is 1. The molecule has 2 heterocycles. The minimum Gasteiger partial charge on any atom is -0.495 e. The molecule has 1 unspecified atom stereocenters. The Hall–Kier alpha value is -2.01. The number of ether oxygens (including phenoxy) is 1. The molecule has 1 saturated heterocycles. The average molecular weight is 347 g/mol. The summed E-state index contributed by atoms with van der Waals surface area (Å²) in [6.07, 6.45) is 6.51. The van der Waals surface area contributed by atoms with E-state index in [-0.39, 0.29) is 0 Å². The highest BCUT2D eigenvalue weighted by Crippen LogP contribution is 2.30. The lowest BCUT2D eigenvalue weighted by molar-refractivity contribution is 0.415. The second-order valence-electron chi connectivity index (χ2n) is 5.99. The van der Waals surface area contributed by atoms with Crippen LogP contribution in [0.15, 0.2) is 30.6 Å². The van der Waals surface area contributed by atoms with Gasteiger partial charge in [0.25, 0.3) is 0 Å². The maximum absolute atomic E-state index is 6.18. The first-order valence-corrected chi connectivity index (χ1v) is 8.78. The van der Waals surface area contributed by atoms with Gasteiger partial charge in [0.15, 0.2) is 0 Å². The van der Waals surface area contributed by atoms with Gasteiger partial charge in [0, 0.05) is 24.3 Å². The van der Waals surface area contributed by atoms with Crippen molar-refractivity contribution >= 4 is 28.9 Å². The first-order chi connectivity index (χ1) is 11.7. The van der Waals surface area contributed by atoms with Crippen molar-refractivity contribution in [2.75, 3.05) is 23.9 Å². The lowest BCUT2D eigenvalue weighted by Gasteiger charge is -2.36. The number of benzene rings is 1. The van der Waals surface area contributed by atoms with Crippen molar-refractivity contribution in [3.8, 4) is 5.75 Å². The van der Waals surface area contributed by atoms with Crippen LogP contribution in [0.2, 0.25) is 5.02 Å². The van der Waals surface area contributed by atoms with Crippen molar-refractivity contribution < 1.29 is 4.74 Å². The molecule has 0 radical (unpaired) electrons. The molecular weight excluding hydrogens is 324 g/mol. The van der Waals surface area contributed by atoms with Gasteiger partial charge in [-0.3, -0.25) is 0 Å². The molecule has 1 N–H and O–H groups in total. The van der Waals surface area contributed by atoms with Crippen LogP contribution in [0.1, 0.15) is 32.6 Å². The largest absolute Gasteiger partial charge is 0.495 e. The number of anilines is 3. The van der Waals surface area contributed by atoms with E-state index in [1.54, 1.807) is 13.4 Å².